The number of carbonyl (C=O) groups is 2. The van der Waals surface area contributed by atoms with Gasteiger partial charge in [0, 0.05) is 18.7 Å². The van der Waals surface area contributed by atoms with Crippen LogP contribution in [0.5, 0.6) is 5.75 Å². The van der Waals surface area contributed by atoms with Crippen molar-refractivity contribution < 1.29 is 19.4 Å². The van der Waals surface area contributed by atoms with Gasteiger partial charge in [0.2, 0.25) is 0 Å². The van der Waals surface area contributed by atoms with Gasteiger partial charge in [-0.25, -0.2) is 0 Å². The molecule has 1 saturated heterocycles. The van der Waals surface area contributed by atoms with Gasteiger partial charge in [-0.2, -0.15) is 0 Å². The van der Waals surface area contributed by atoms with Gasteiger partial charge >= 0.3 is 0 Å². The van der Waals surface area contributed by atoms with Crippen LogP contribution in [0.15, 0.2) is 54.1 Å². The summed E-state index contributed by atoms with van der Waals surface area (Å²) in [6.45, 7) is 7.60. The third-order valence-electron chi connectivity index (χ3n) is 5.38. The van der Waals surface area contributed by atoms with Crippen LogP contribution >= 0.6 is 0 Å². The molecule has 3 rings (SSSR count). The Morgan fingerprint density at radius 1 is 1.12 bits per heavy atom. The summed E-state index contributed by atoms with van der Waals surface area (Å²) in [7, 11) is 3.84. The van der Waals surface area contributed by atoms with Gasteiger partial charge in [-0.15, -0.1) is 0 Å². The van der Waals surface area contributed by atoms with Crippen molar-refractivity contribution in [1.29, 1.82) is 0 Å². The molecule has 1 aliphatic rings. The molecule has 0 aliphatic carbocycles. The minimum absolute atomic E-state index is 0.111. The molecule has 2 aromatic rings. The number of likely N-dealkylation sites (N-methyl/N-ethyl adjacent to an activating group) is 1. The highest BCUT2D eigenvalue weighted by molar-refractivity contribution is 6.46. The van der Waals surface area contributed by atoms with E-state index in [-0.39, 0.29) is 11.3 Å². The molecular formula is C26H32N2O4. The van der Waals surface area contributed by atoms with Crippen LogP contribution in [-0.4, -0.2) is 60.4 Å². The first-order valence-corrected chi connectivity index (χ1v) is 10.9. The van der Waals surface area contributed by atoms with Crippen LogP contribution in [-0.2, 0) is 9.59 Å². The number of aliphatic hydroxyl groups is 1. The first kappa shape index (κ1) is 23.5. The van der Waals surface area contributed by atoms with E-state index in [0.29, 0.717) is 36.9 Å². The zero-order valence-corrected chi connectivity index (χ0v) is 19.5. The molecule has 32 heavy (non-hydrogen) atoms. The predicted octanol–water partition coefficient (Wildman–Crippen LogP) is 4.01. The van der Waals surface area contributed by atoms with Gasteiger partial charge < -0.3 is 19.6 Å². The van der Waals surface area contributed by atoms with Crippen molar-refractivity contribution in [2.24, 2.45) is 5.92 Å². The second-order valence-electron chi connectivity index (χ2n) is 8.94. The van der Waals surface area contributed by atoms with Crippen molar-refractivity contribution in [1.82, 2.24) is 9.80 Å². The molecular weight excluding hydrogens is 404 g/mol. The first-order chi connectivity index (χ1) is 15.2. The number of Topliss-reactive ketones (excluding diaryl/α,β-unsaturated/α-hetero) is 1. The molecule has 6 nitrogen and oxygen atoms in total. The van der Waals surface area contributed by atoms with E-state index in [4.69, 9.17) is 4.74 Å². The van der Waals surface area contributed by atoms with Crippen molar-refractivity contribution in [3.8, 4) is 5.75 Å². The minimum atomic E-state index is -0.665. The Labute approximate surface area is 190 Å². The maximum Gasteiger partial charge on any atom is 0.295 e. The fraction of sp³-hybridized carbons (Fsp3) is 0.385. The number of hydrogen-bond donors (Lipinski definition) is 1. The SMILES string of the molecule is Cc1cccc(C2/C(=C(/O)c3cccc(OCC(C)C)c3)C(=O)C(=O)N2CCN(C)C)c1. The van der Waals surface area contributed by atoms with E-state index in [1.807, 2.05) is 56.3 Å². The van der Waals surface area contributed by atoms with Crippen LogP contribution in [0.3, 0.4) is 0 Å². The Kier molecular flexibility index (Phi) is 7.36. The smallest absolute Gasteiger partial charge is 0.295 e. The molecule has 1 fully saturated rings. The van der Waals surface area contributed by atoms with Crippen molar-refractivity contribution in [3.05, 3.63) is 70.8 Å². The standard InChI is InChI=1S/C26H32N2O4/c1-17(2)16-32-21-11-7-10-20(15-21)24(29)22-23(19-9-6-8-18(3)14-19)28(13-12-27(4)5)26(31)25(22)30/h6-11,14-15,17,23,29H,12-13,16H2,1-5H3/b24-22-. The van der Waals surface area contributed by atoms with Gasteiger partial charge in [0.25, 0.3) is 11.7 Å². The van der Waals surface area contributed by atoms with Crippen LogP contribution in [0.1, 0.15) is 36.6 Å². The van der Waals surface area contributed by atoms with Crippen molar-refractivity contribution in [2.45, 2.75) is 26.8 Å². The summed E-state index contributed by atoms with van der Waals surface area (Å²) < 4.78 is 5.78. The zero-order chi connectivity index (χ0) is 23.4. The van der Waals surface area contributed by atoms with E-state index < -0.39 is 17.7 Å². The van der Waals surface area contributed by atoms with Gasteiger partial charge in [-0.1, -0.05) is 55.8 Å². The number of amides is 1. The molecule has 0 bridgehead atoms. The average molecular weight is 437 g/mol. The maximum absolute atomic E-state index is 13.1. The van der Waals surface area contributed by atoms with Gasteiger partial charge in [-0.3, -0.25) is 9.59 Å². The highest BCUT2D eigenvalue weighted by atomic mass is 16.5. The molecule has 0 saturated carbocycles. The second kappa shape index (κ2) is 10.0. The summed E-state index contributed by atoms with van der Waals surface area (Å²) in [6, 6.07) is 14.1. The number of carbonyl (C=O) groups excluding carboxylic acids is 2. The normalized spacial score (nSPS) is 18.1. The van der Waals surface area contributed by atoms with E-state index in [1.165, 1.54) is 0 Å². The maximum atomic E-state index is 13.1. The topological polar surface area (TPSA) is 70.1 Å². The molecule has 0 spiro atoms. The Bertz CT molecular complexity index is 1030. The molecule has 1 heterocycles. The Hall–Kier alpha value is -3.12. The molecule has 1 aliphatic heterocycles. The third-order valence-corrected chi connectivity index (χ3v) is 5.38. The molecule has 6 heteroatoms. The number of benzene rings is 2. The number of aryl methyl sites for hydroxylation is 1. The lowest BCUT2D eigenvalue weighted by Gasteiger charge is -2.26. The summed E-state index contributed by atoms with van der Waals surface area (Å²) in [5, 5.41) is 11.2. The highest BCUT2D eigenvalue weighted by Gasteiger charge is 2.45. The van der Waals surface area contributed by atoms with E-state index in [0.717, 1.165) is 11.1 Å². The van der Waals surface area contributed by atoms with Crippen LogP contribution in [0.25, 0.3) is 5.76 Å². The van der Waals surface area contributed by atoms with E-state index in [2.05, 4.69) is 13.8 Å². The molecule has 1 N–H and O–H groups in total. The number of ether oxygens (including phenoxy) is 1. The van der Waals surface area contributed by atoms with Crippen molar-refractivity contribution >= 4 is 17.4 Å². The third kappa shape index (κ3) is 5.19. The lowest BCUT2D eigenvalue weighted by molar-refractivity contribution is -0.140. The van der Waals surface area contributed by atoms with Crippen molar-refractivity contribution in [3.63, 3.8) is 0 Å². The van der Waals surface area contributed by atoms with Gasteiger partial charge in [0.05, 0.1) is 18.2 Å². The molecule has 170 valence electrons. The first-order valence-electron chi connectivity index (χ1n) is 10.9. The quantitative estimate of drug-likeness (QED) is 0.385. The van der Waals surface area contributed by atoms with E-state index in [1.54, 1.807) is 23.1 Å². The largest absolute Gasteiger partial charge is 0.507 e. The number of nitrogens with zero attached hydrogens (tertiary/aromatic N) is 2. The minimum Gasteiger partial charge on any atom is -0.507 e. The Balaban J connectivity index is 2.08. The van der Waals surface area contributed by atoms with Crippen molar-refractivity contribution in [2.75, 3.05) is 33.8 Å². The summed E-state index contributed by atoms with van der Waals surface area (Å²) in [6.07, 6.45) is 0. The molecule has 0 aromatic heterocycles. The Morgan fingerprint density at radius 3 is 2.50 bits per heavy atom. The lowest BCUT2D eigenvalue weighted by Crippen LogP contribution is -2.35. The number of ketones is 1. The Morgan fingerprint density at radius 2 is 1.84 bits per heavy atom. The van der Waals surface area contributed by atoms with Crippen LogP contribution in [0, 0.1) is 12.8 Å². The van der Waals surface area contributed by atoms with Crippen LogP contribution in [0.4, 0.5) is 0 Å². The molecule has 1 unspecified atom stereocenters. The number of hydrogen-bond acceptors (Lipinski definition) is 5. The molecule has 0 radical (unpaired) electrons. The van der Waals surface area contributed by atoms with Gasteiger partial charge in [0.15, 0.2) is 0 Å². The van der Waals surface area contributed by atoms with Gasteiger partial charge in [-0.05, 0) is 44.6 Å². The van der Waals surface area contributed by atoms with Gasteiger partial charge in [0.1, 0.15) is 11.5 Å². The molecule has 2 aromatic carbocycles. The summed E-state index contributed by atoms with van der Waals surface area (Å²) in [4.78, 5) is 29.6. The summed E-state index contributed by atoms with van der Waals surface area (Å²) in [5.41, 5.74) is 2.39. The monoisotopic (exact) mass is 436 g/mol. The van der Waals surface area contributed by atoms with Crippen LogP contribution < -0.4 is 4.74 Å². The summed E-state index contributed by atoms with van der Waals surface area (Å²) in [5.74, 6) is -0.474. The average Bonchev–Trinajstić information content (AvgIpc) is 3.00. The van der Waals surface area contributed by atoms with E-state index >= 15 is 0 Å². The zero-order valence-electron chi connectivity index (χ0n) is 19.5. The molecule has 1 atom stereocenters. The molecule has 1 amide bonds. The fourth-order valence-electron chi connectivity index (χ4n) is 3.76. The number of aliphatic hydroxyl groups excluding tert-OH is 1. The second-order valence-corrected chi connectivity index (χ2v) is 8.94. The summed E-state index contributed by atoms with van der Waals surface area (Å²) >= 11 is 0. The lowest BCUT2D eigenvalue weighted by atomic mass is 9.94. The van der Waals surface area contributed by atoms with E-state index in [9.17, 15) is 14.7 Å². The number of likely N-dealkylation sites (tertiary alicyclic amines) is 1. The van der Waals surface area contributed by atoms with Crippen LogP contribution in [0.2, 0.25) is 0 Å². The number of rotatable bonds is 8. The fourth-order valence-corrected chi connectivity index (χ4v) is 3.76. The highest BCUT2D eigenvalue weighted by Crippen LogP contribution is 2.39. The predicted molar refractivity (Wildman–Crippen MR) is 126 cm³/mol.